The standard InChI is InChI=1S/C3H9O3Si.CH5O4P.Na/c1-2-3-7(4,5)6;1-5-6(2,3)4;/h4-6H,1-3H2;1H3,(H2,2,3,4);. The molecule has 14 heavy (non-hydrogen) atoms. The van der Waals surface area contributed by atoms with Crippen LogP contribution in [0, 0.1) is 0 Å². The summed E-state index contributed by atoms with van der Waals surface area (Å²) in [5, 5.41) is 0. The molecule has 0 saturated heterocycles. The van der Waals surface area contributed by atoms with E-state index in [4.69, 9.17) is 24.2 Å². The molecule has 0 fully saturated rings. The van der Waals surface area contributed by atoms with Crippen LogP contribution in [-0.4, -0.2) is 68.0 Å². The van der Waals surface area contributed by atoms with E-state index < -0.39 is 16.6 Å². The summed E-state index contributed by atoms with van der Waals surface area (Å²) in [7, 11) is -6.86. The predicted molar refractivity (Wildman–Crippen MR) is 51.4 cm³/mol. The van der Waals surface area contributed by atoms with Gasteiger partial charge in [0.25, 0.3) is 0 Å². The molecule has 0 aliphatic heterocycles. The Hall–Kier alpha value is 1.21. The molecular formula is C4H14NaO7PSi. The van der Waals surface area contributed by atoms with Crippen molar-refractivity contribution in [1.29, 1.82) is 0 Å². The topological polar surface area (TPSA) is 127 Å². The second kappa shape index (κ2) is 8.37. The zero-order valence-corrected chi connectivity index (χ0v) is 12.0. The normalized spacial score (nSPS) is 12.0. The van der Waals surface area contributed by atoms with Crippen LogP contribution in [0.1, 0.15) is 6.42 Å². The Kier molecular flexibility index (Phi) is 10.5. The summed E-state index contributed by atoms with van der Waals surface area (Å²) in [6.07, 6.45) is 0.752. The second-order valence-corrected chi connectivity index (χ2v) is 6.95. The Labute approximate surface area is 101 Å². The molecule has 0 unspecified atom stereocenters. The van der Waals surface area contributed by atoms with Gasteiger partial charge in [-0.3, -0.25) is 4.52 Å². The number of phosphoric acid groups is 1. The molecule has 0 aromatic carbocycles. The van der Waals surface area contributed by atoms with Crippen LogP contribution in [0.25, 0.3) is 0 Å². The van der Waals surface area contributed by atoms with Gasteiger partial charge in [0.2, 0.25) is 0 Å². The van der Waals surface area contributed by atoms with Gasteiger partial charge < -0.3 is 9.79 Å². The molecular weight excluding hydrogens is 242 g/mol. The third kappa shape index (κ3) is 23.2. The molecule has 0 aromatic rings. The fourth-order valence-electron chi connectivity index (χ4n) is 0.414. The Bertz CT molecular complexity index is 177. The van der Waals surface area contributed by atoms with Crippen molar-refractivity contribution in [2.75, 3.05) is 7.11 Å². The van der Waals surface area contributed by atoms with Crippen LogP contribution in [0.3, 0.4) is 0 Å². The molecule has 0 atom stereocenters. The van der Waals surface area contributed by atoms with Crippen molar-refractivity contribution in [1.82, 2.24) is 0 Å². The third-order valence-electron chi connectivity index (χ3n) is 1.10. The van der Waals surface area contributed by atoms with Gasteiger partial charge >= 0.3 is 75.1 Å². The molecule has 0 radical (unpaired) electrons. The van der Waals surface area contributed by atoms with Crippen molar-refractivity contribution in [3.05, 3.63) is 0 Å². The van der Waals surface area contributed by atoms with Gasteiger partial charge in [-0.2, -0.15) is 0 Å². The first-order chi connectivity index (χ1) is 6.12. The van der Waals surface area contributed by atoms with E-state index >= 15 is 0 Å². The summed E-state index contributed by atoms with van der Waals surface area (Å²) < 4.78 is 14.1. The van der Waals surface area contributed by atoms with Crippen LogP contribution < -0.4 is 0 Å². The summed E-state index contributed by atoms with van der Waals surface area (Å²) in [4.78, 5) is 40.7. The number of hydrogen-bond donors (Lipinski definition) is 5. The molecule has 0 rings (SSSR count). The molecule has 0 heterocycles. The molecule has 0 aromatic heterocycles. The first-order valence-electron chi connectivity index (χ1n) is 3.90. The molecule has 0 spiro atoms. The molecule has 0 aliphatic carbocycles. The van der Waals surface area contributed by atoms with E-state index in [2.05, 4.69) is 4.52 Å². The summed E-state index contributed by atoms with van der Waals surface area (Å²) in [6, 6.07) is 0.205. The summed E-state index contributed by atoms with van der Waals surface area (Å²) in [5.74, 6) is 0. The van der Waals surface area contributed by atoms with Gasteiger partial charge in [-0.25, -0.2) is 4.57 Å². The quantitative estimate of drug-likeness (QED) is 0.309. The fourth-order valence-corrected chi connectivity index (χ4v) is 2.30. The zero-order chi connectivity index (χ0) is 11.8. The van der Waals surface area contributed by atoms with Crippen molar-refractivity contribution in [2.24, 2.45) is 0 Å². The van der Waals surface area contributed by atoms with Crippen LogP contribution in [0.2, 0.25) is 9.71 Å². The molecule has 0 amide bonds. The fraction of sp³-hybridized carbons (Fsp3) is 1.00. The van der Waals surface area contributed by atoms with Crippen molar-refractivity contribution in [3.8, 4) is 0 Å². The van der Waals surface area contributed by atoms with E-state index in [-0.39, 0.29) is 6.04 Å². The Balaban J connectivity index is 0. The second-order valence-electron chi connectivity index (χ2n) is 2.55. The van der Waals surface area contributed by atoms with Gasteiger partial charge in [-0.1, -0.05) is 0 Å². The third-order valence-corrected chi connectivity index (χ3v) is 3.31. The summed E-state index contributed by atoms with van der Waals surface area (Å²) in [5.41, 5.74) is 0. The van der Waals surface area contributed by atoms with Gasteiger partial charge in [0.05, 0.1) is 0 Å². The Morgan fingerprint density at radius 2 is 1.71 bits per heavy atom. The van der Waals surface area contributed by atoms with Crippen LogP contribution >= 0.6 is 7.82 Å². The van der Waals surface area contributed by atoms with Gasteiger partial charge in [0.15, 0.2) is 0 Å². The monoisotopic (exact) mass is 256 g/mol. The van der Waals surface area contributed by atoms with Crippen LogP contribution in [0.15, 0.2) is 0 Å². The summed E-state index contributed by atoms with van der Waals surface area (Å²) in [6.45, 7) is 0. The maximum atomic E-state index is 9.47. The molecule has 0 bridgehead atoms. The average molecular weight is 256 g/mol. The van der Waals surface area contributed by atoms with Crippen molar-refractivity contribution in [3.63, 3.8) is 0 Å². The van der Waals surface area contributed by atoms with Crippen LogP contribution in [-0.2, 0) is 9.09 Å². The first kappa shape index (κ1) is 17.6. The minimum atomic E-state index is -4.15. The Morgan fingerprint density at radius 3 is 1.79 bits per heavy atom. The van der Waals surface area contributed by atoms with Crippen LogP contribution in [0.4, 0.5) is 0 Å². The molecule has 5 N–H and O–H groups in total. The molecule has 0 saturated carbocycles. The summed E-state index contributed by atoms with van der Waals surface area (Å²) >= 11 is 1.07. The number of rotatable bonds is 4. The molecule has 0 aliphatic rings. The number of hydrogen-bond acceptors (Lipinski definition) is 5. The van der Waals surface area contributed by atoms with E-state index in [1.54, 1.807) is 0 Å². The van der Waals surface area contributed by atoms with Crippen molar-refractivity contribution in [2.45, 2.75) is 16.1 Å². The van der Waals surface area contributed by atoms with E-state index in [0.717, 1.165) is 45.1 Å². The molecule has 7 nitrogen and oxygen atoms in total. The molecule has 10 heteroatoms. The average Bonchev–Trinajstić information content (AvgIpc) is 1.99. The van der Waals surface area contributed by atoms with Gasteiger partial charge in [-0.15, -0.1) is 0 Å². The predicted octanol–water partition coefficient (Wildman–Crippen LogP) is -1.40. The van der Waals surface area contributed by atoms with Crippen molar-refractivity contribution < 1.29 is 33.3 Å². The van der Waals surface area contributed by atoms with E-state index in [9.17, 15) is 4.57 Å². The maximum absolute atomic E-state index is 9.47. The van der Waals surface area contributed by atoms with Crippen molar-refractivity contribution >= 4 is 44.6 Å². The van der Waals surface area contributed by atoms with Gasteiger partial charge in [0, 0.05) is 7.11 Å². The SMILES string of the molecule is COP(=O)(O)O.O[Si](O)(O)CC[CH2][Na]. The van der Waals surface area contributed by atoms with Gasteiger partial charge in [0.1, 0.15) is 0 Å². The van der Waals surface area contributed by atoms with E-state index in [1.165, 1.54) is 0 Å². The first-order valence-corrected chi connectivity index (χ1v) is 8.90. The van der Waals surface area contributed by atoms with E-state index in [1.807, 2.05) is 0 Å². The molecule has 82 valence electrons. The van der Waals surface area contributed by atoms with E-state index in [0.29, 0.717) is 0 Å². The number of phosphoric ester groups is 1. The van der Waals surface area contributed by atoms with Gasteiger partial charge in [-0.05, 0) is 0 Å². The zero-order valence-electron chi connectivity index (χ0n) is 8.12. The minimum absolute atomic E-state index is 0.205. The Morgan fingerprint density at radius 1 is 1.36 bits per heavy atom. The van der Waals surface area contributed by atoms with Crippen LogP contribution in [0.5, 0.6) is 0 Å².